The summed E-state index contributed by atoms with van der Waals surface area (Å²) < 4.78 is 80.6. The van der Waals surface area contributed by atoms with Gasteiger partial charge in [-0.15, -0.1) is 0 Å². The molecule has 1 aromatic rings. The molecule has 0 heterocycles. The highest BCUT2D eigenvalue weighted by molar-refractivity contribution is 7.85. The molecule has 0 aliphatic carbocycles. The quantitative estimate of drug-likeness (QED) is 0.486. The van der Waals surface area contributed by atoms with Gasteiger partial charge in [0.05, 0.1) is 0 Å². The maximum Gasteiger partial charge on any atom is 0.300 e. The van der Waals surface area contributed by atoms with E-state index in [4.69, 9.17) is 4.55 Å². The second kappa shape index (κ2) is 5.46. The smallest absolute Gasteiger partial charge is 0.282 e. The van der Waals surface area contributed by atoms with Gasteiger partial charge in [-0.25, -0.2) is 17.6 Å². The Morgan fingerprint density at radius 2 is 1.18 bits per heavy atom. The lowest BCUT2D eigenvalue weighted by Gasteiger charge is -2.06. The lowest BCUT2D eigenvalue weighted by Crippen LogP contribution is -2.11. The first-order valence-electron chi connectivity index (χ1n) is 4.48. The summed E-state index contributed by atoms with van der Waals surface area (Å²) in [5.41, 5.74) is -1.00. The van der Waals surface area contributed by atoms with E-state index in [0.717, 1.165) is 6.92 Å². The molecule has 0 saturated carbocycles. The third-order valence-electron chi connectivity index (χ3n) is 1.70. The van der Waals surface area contributed by atoms with Crippen LogP contribution in [-0.4, -0.2) is 13.0 Å². The molecule has 1 aromatic carbocycles. The van der Waals surface area contributed by atoms with Crippen molar-refractivity contribution >= 4 is 10.1 Å². The summed E-state index contributed by atoms with van der Waals surface area (Å²) in [5, 5.41) is 0. The molecule has 17 heavy (non-hydrogen) atoms. The first-order chi connectivity index (χ1) is 7.68. The number of hydrogen-bond acceptors (Lipinski definition) is 2. The van der Waals surface area contributed by atoms with Crippen molar-refractivity contribution in [3.63, 3.8) is 0 Å². The first-order valence-corrected chi connectivity index (χ1v) is 5.92. The molecule has 0 unspecified atom stereocenters. The molecule has 0 saturated heterocycles. The van der Waals surface area contributed by atoms with E-state index in [1.54, 1.807) is 0 Å². The van der Waals surface area contributed by atoms with Crippen molar-refractivity contribution in [1.29, 1.82) is 0 Å². The van der Waals surface area contributed by atoms with Crippen LogP contribution in [0.5, 0.6) is 0 Å². The Morgan fingerprint density at radius 3 is 1.41 bits per heavy atom. The van der Waals surface area contributed by atoms with Gasteiger partial charge in [0, 0.05) is 5.56 Å². The summed E-state index contributed by atoms with van der Waals surface area (Å²) in [7, 11) is -5.36. The Kier molecular flexibility index (Phi) is 5.09. The van der Waals surface area contributed by atoms with Crippen LogP contribution < -0.4 is 0 Å². The Labute approximate surface area is 95.8 Å². The van der Waals surface area contributed by atoms with Gasteiger partial charge in [0.1, 0.15) is 0 Å². The highest BCUT2D eigenvalue weighted by atomic mass is 32.2. The predicted octanol–water partition coefficient (Wildman–Crippen LogP) is 2.82. The van der Waals surface area contributed by atoms with Crippen LogP contribution in [0.1, 0.15) is 19.4 Å². The summed E-state index contributed by atoms with van der Waals surface area (Å²) in [6, 6.07) is 0. The van der Waals surface area contributed by atoms with Gasteiger partial charge in [-0.3, -0.25) is 4.55 Å². The van der Waals surface area contributed by atoms with E-state index in [9.17, 15) is 26.0 Å². The van der Waals surface area contributed by atoms with Gasteiger partial charge < -0.3 is 0 Å². The van der Waals surface area contributed by atoms with E-state index >= 15 is 0 Å². The number of rotatable bonds is 1. The van der Waals surface area contributed by atoms with Gasteiger partial charge in [0.25, 0.3) is 0 Å². The van der Waals surface area contributed by atoms with Gasteiger partial charge in [-0.2, -0.15) is 8.42 Å². The summed E-state index contributed by atoms with van der Waals surface area (Å²) >= 11 is 0. The molecule has 0 bridgehead atoms. The fraction of sp³-hybridized carbons (Fsp3) is 0.333. The van der Waals surface area contributed by atoms with Crippen LogP contribution in [0.2, 0.25) is 0 Å². The molecular weight excluding hydrogens is 264 g/mol. The van der Waals surface area contributed by atoms with Crippen LogP contribution in [0.25, 0.3) is 0 Å². The standard InChI is InChI=1S/C7H4F4O3S.C2H6/c1-2-3(8)5(10)7(15(12,13)14)6(11)4(2)9;1-2/h1H3,(H,12,13,14);1-2H3. The second-order valence-corrected chi connectivity index (χ2v) is 4.04. The van der Waals surface area contributed by atoms with E-state index in [1.165, 1.54) is 0 Å². The molecule has 8 heteroatoms. The van der Waals surface area contributed by atoms with Gasteiger partial charge in [0.2, 0.25) is 0 Å². The molecule has 0 atom stereocenters. The van der Waals surface area contributed by atoms with E-state index < -0.39 is 43.8 Å². The third kappa shape index (κ3) is 2.95. The Balaban J connectivity index is 0.00000121. The minimum atomic E-state index is -5.36. The molecule has 0 spiro atoms. The normalized spacial score (nSPS) is 10.8. The van der Waals surface area contributed by atoms with Gasteiger partial charge in [-0.05, 0) is 6.92 Å². The van der Waals surface area contributed by atoms with Crippen LogP contribution in [0.3, 0.4) is 0 Å². The number of benzene rings is 1. The molecule has 3 nitrogen and oxygen atoms in total. The van der Waals surface area contributed by atoms with E-state index in [0.29, 0.717) is 0 Å². The highest BCUT2D eigenvalue weighted by Crippen LogP contribution is 2.26. The fourth-order valence-electron chi connectivity index (χ4n) is 0.948. The lowest BCUT2D eigenvalue weighted by atomic mass is 10.2. The summed E-state index contributed by atoms with van der Waals surface area (Å²) in [6.07, 6.45) is 0. The molecule has 0 aromatic heterocycles. The average molecular weight is 274 g/mol. The van der Waals surface area contributed by atoms with E-state index in [2.05, 4.69) is 0 Å². The number of halogens is 4. The van der Waals surface area contributed by atoms with Crippen LogP contribution in [-0.2, 0) is 10.1 Å². The molecule has 1 N–H and O–H groups in total. The Hall–Kier alpha value is -1.15. The summed E-state index contributed by atoms with van der Waals surface area (Å²) in [6.45, 7) is 4.73. The molecular formula is C9H10F4O3S. The van der Waals surface area contributed by atoms with Crippen LogP contribution in [0.15, 0.2) is 4.90 Å². The monoisotopic (exact) mass is 274 g/mol. The largest absolute Gasteiger partial charge is 0.300 e. The zero-order valence-corrected chi connectivity index (χ0v) is 10.0. The SMILES string of the molecule is CC.Cc1c(F)c(F)c(S(=O)(=O)O)c(F)c1F. The van der Waals surface area contributed by atoms with Crippen molar-refractivity contribution in [3.05, 3.63) is 28.8 Å². The number of hydrogen-bond donors (Lipinski definition) is 1. The summed E-state index contributed by atoms with van der Waals surface area (Å²) in [4.78, 5) is -2.02. The van der Waals surface area contributed by atoms with Gasteiger partial charge >= 0.3 is 10.1 Å². The van der Waals surface area contributed by atoms with Crippen LogP contribution in [0, 0.1) is 30.2 Å². The molecule has 0 aliphatic heterocycles. The third-order valence-corrected chi connectivity index (χ3v) is 2.57. The van der Waals surface area contributed by atoms with Crippen molar-refractivity contribution in [2.75, 3.05) is 0 Å². The molecule has 0 aliphatic rings. The summed E-state index contributed by atoms with van der Waals surface area (Å²) in [5.74, 6) is -8.01. The average Bonchev–Trinajstić information content (AvgIpc) is 2.25. The Bertz CT molecular complexity index is 497. The first kappa shape index (κ1) is 15.9. The van der Waals surface area contributed by atoms with Crippen molar-refractivity contribution in [2.24, 2.45) is 0 Å². The van der Waals surface area contributed by atoms with E-state index in [-0.39, 0.29) is 0 Å². The van der Waals surface area contributed by atoms with Crippen molar-refractivity contribution in [3.8, 4) is 0 Å². The molecule has 0 amide bonds. The minimum absolute atomic E-state index is 0.727. The highest BCUT2D eigenvalue weighted by Gasteiger charge is 2.30. The zero-order valence-electron chi connectivity index (χ0n) is 9.18. The van der Waals surface area contributed by atoms with E-state index in [1.807, 2.05) is 13.8 Å². The maximum absolute atomic E-state index is 12.9. The Morgan fingerprint density at radius 1 is 0.882 bits per heavy atom. The van der Waals surface area contributed by atoms with Crippen LogP contribution in [0.4, 0.5) is 17.6 Å². The minimum Gasteiger partial charge on any atom is -0.282 e. The predicted molar refractivity (Wildman–Crippen MR) is 52.2 cm³/mol. The lowest BCUT2D eigenvalue weighted by molar-refractivity contribution is 0.398. The van der Waals surface area contributed by atoms with Crippen molar-refractivity contribution in [2.45, 2.75) is 25.7 Å². The zero-order chi connectivity index (χ0) is 14.0. The molecule has 98 valence electrons. The fourth-order valence-corrected chi connectivity index (χ4v) is 1.58. The van der Waals surface area contributed by atoms with Crippen LogP contribution >= 0.6 is 0 Å². The topological polar surface area (TPSA) is 54.4 Å². The van der Waals surface area contributed by atoms with Crippen molar-refractivity contribution in [1.82, 2.24) is 0 Å². The molecule has 0 radical (unpaired) electrons. The van der Waals surface area contributed by atoms with Gasteiger partial charge in [-0.1, -0.05) is 13.8 Å². The van der Waals surface area contributed by atoms with Crippen molar-refractivity contribution < 1.29 is 30.5 Å². The second-order valence-electron chi connectivity index (χ2n) is 2.69. The maximum atomic E-state index is 12.9. The van der Waals surface area contributed by atoms with Gasteiger partial charge in [0.15, 0.2) is 28.2 Å². The molecule has 0 fully saturated rings. The molecule has 1 rings (SSSR count).